The van der Waals surface area contributed by atoms with E-state index in [0.29, 0.717) is 23.9 Å². The molecule has 6 rings (SSSR count). The van der Waals surface area contributed by atoms with E-state index in [9.17, 15) is 0 Å². The third-order valence-corrected chi connectivity index (χ3v) is 9.80. The monoisotopic (exact) mass is 741 g/mol. The number of hydrogen-bond acceptors (Lipinski definition) is 3. The van der Waals surface area contributed by atoms with Gasteiger partial charge < -0.3 is 0 Å². The normalized spacial score (nSPS) is 13.8. The second kappa shape index (κ2) is 19.7. The highest BCUT2D eigenvalue weighted by molar-refractivity contribution is 5.82. The lowest BCUT2D eigenvalue weighted by Crippen LogP contribution is -2.03. The summed E-state index contributed by atoms with van der Waals surface area (Å²) < 4.78 is 0. The average molecular weight is 742 g/mol. The van der Waals surface area contributed by atoms with Crippen molar-refractivity contribution in [3.05, 3.63) is 223 Å². The van der Waals surface area contributed by atoms with Gasteiger partial charge >= 0.3 is 0 Å². The van der Waals surface area contributed by atoms with Gasteiger partial charge in [0, 0.05) is 11.1 Å². The van der Waals surface area contributed by atoms with E-state index in [4.69, 9.17) is 15.0 Å². The Balaban J connectivity index is 1.36. The van der Waals surface area contributed by atoms with E-state index in [1.54, 1.807) is 0 Å². The van der Waals surface area contributed by atoms with Crippen LogP contribution >= 0.6 is 0 Å². The molecule has 282 valence electrons. The van der Waals surface area contributed by atoms with Crippen molar-refractivity contribution >= 4 is 22.3 Å². The Kier molecular flexibility index (Phi) is 13.8. The Hall–Kier alpha value is -6.71. The first-order chi connectivity index (χ1) is 27.9. The highest BCUT2D eigenvalue weighted by Gasteiger charge is 2.14. The molecule has 0 saturated carbocycles. The molecule has 5 aromatic rings. The van der Waals surface area contributed by atoms with Crippen LogP contribution in [0.15, 0.2) is 201 Å². The number of allylic oxidation sites excluding steroid dienone is 17. The van der Waals surface area contributed by atoms with Crippen molar-refractivity contribution in [3.63, 3.8) is 0 Å². The smallest absolute Gasteiger partial charge is 0.164 e. The zero-order valence-corrected chi connectivity index (χ0v) is 33.5. The topological polar surface area (TPSA) is 38.7 Å². The first-order valence-corrected chi connectivity index (χ1v) is 19.8. The fraction of sp³-hybridized carbons (Fsp3) is 0.130. The number of rotatable bonds is 15. The standard InChI is InChI=1S/C54H51N3/c1-7-19-41(20-8-2)51(35-39(5)47-27-17-29-49(37-47)44-33-31-43(32-34-44)42-23-13-11-14-24-42)36-40(6)48-28-18-30-50(38-48)54-56-52(45(21-9-3)22-10-4)55-53(57-54)46-25-15-12-16-26-46/h7-9,12-13,15-20,22-38H,1,3,6,10-11,14,21H2,2,4-5H3/b20-8-,39-35+,41-19+,45-22+,51-36+. The number of aromatic nitrogens is 3. The highest BCUT2D eigenvalue weighted by Crippen LogP contribution is 2.31. The molecule has 0 amide bonds. The molecule has 1 aromatic heterocycles. The van der Waals surface area contributed by atoms with E-state index in [2.05, 4.69) is 143 Å². The van der Waals surface area contributed by atoms with Crippen LogP contribution < -0.4 is 0 Å². The first kappa shape index (κ1) is 40.0. The molecular formula is C54H51N3. The van der Waals surface area contributed by atoms with Crippen LogP contribution in [0.3, 0.4) is 0 Å². The predicted molar refractivity (Wildman–Crippen MR) is 246 cm³/mol. The number of nitrogens with zero attached hydrogens (tertiary/aromatic N) is 3. The van der Waals surface area contributed by atoms with Gasteiger partial charge in [-0.2, -0.15) is 0 Å². The summed E-state index contributed by atoms with van der Waals surface area (Å²) >= 11 is 0. The summed E-state index contributed by atoms with van der Waals surface area (Å²) in [5.41, 5.74) is 14.0. The third-order valence-electron chi connectivity index (χ3n) is 9.80. The Morgan fingerprint density at radius 3 is 2.07 bits per heavy atom. The zero-order chi connectivity index (χ0) is 40.0. The van der Waals surface area contributed by atoms with Crippen LogP contribution in [-0.2, 0) is 0 Å². The molecule has 0 N–H and O–H groups in total. The summed E-state index contributed by atoms with van der Waals surface area (Å²) in [6.45, 7) is 18.9. The van der Waals surface area contributed by atoms with Crippen molar-refractivity contribution in [1.82, 2.24) is 15.0 Å². The van der Waals surface area contributed by atoms with Crippen molar-refractivity contribution in [3.8, 4) is 33.9 Å². The molecule has 57 heavy (non-hydrogen) atoms. The van der Waals surface area contributed by atoms with Crippen LogP contribution in [-0.4, -0.2) is 15.0 Å². The predicted octanol–water partition coefficient (Wildman–Crippen LogP) is 14.7. The molecule has 0 radical (unpaired) electrons. The average Bonchev–Trinajstić information content (AvgIpc) is 3.26. The maximum absolute atomic E-state index is 5.01. The molecule has 3 nitrogen and oxygen atoms in total. The maximum Gasteiger partial charge on any atom is 0.164 e. The first-order valence-electron chi connectivity index (χ1n) is 19.8. The molecule has 4 aromatic carbocycles. The van der Waals surface area contributed by atoms with Gasteiger partial charge in [-0.15, -0.1) is 6.58 Å². The Labute approximate surface area is 339 Å². The number of hydrogen-bond donors (Lipinski definition) is 0. The van der Waals surface area contributed by atoms with Crippen LogP contribution in [0.1, 0.15) is 69.0 Å². The van der Waals surface area contributed by atoms with Crippen molar-refractivity contribution in [2.75, 3.05) is 0 Å². The minimum atomic E-state index is 0.609. The second-order valence-corrected chi connectivity index (χ2v) is 14.0. The fourth-order valence-corrected chi connectivity index (χ4v) is 6.87. The summed E-state index contributed by atoms with van der Waals surface area (Å²) in [4.78, 5) is 14.9. The van der Waals surface area contributed by atoms with Crippen LogP contribution in [0.4, 0.5) is 0 Å². The molecule has 0 fully saturated rings. The molecule has 0 atom stereocenters. The summed E-state index contributed by atoms with van der Waals surface area (Å²) in [6, 6.07) is 36.0. The minimum absolute atomic E-state index is 0.609. The highest BCUT2D eigenvalue weighted by atomic mass is 15.0. The molecule has 3 heteroatoms. The zero-order valence-electron chi connectivity index (χ0n) is 33.5. The summed E-state index contributed by atoms with van der Waals surface area (Å²) in [6.07, 6.45) is 27.0. The van der Waals surface area contributed by atoms with Crippen LogP contribution in [0.25, 0.3) is 56.2 Å². The molecule has 1 aliphatic carbocycles. The van der Waals surface area contributed by atoms with Crippen molar-refractivity contribution in [1.29, 1.82) is 0 Å². The molecule has 1 aliphatic rings. The lowest BCUT2D eigenvalue weighted by atomic mass is 9.93. The lowest BCUT2D eigenvalue weighted by Gasteiger charge is -2.12. The van der Waals surface area contributed by atoms with Crippen molar-refractivity contribution < 1.29 is 0 Å². The largest absolute Gasteiger partial charge is 0.209 e. The van der Waals surface area contributed by atoms with E-state index >= 15 is 0 Å². The molecule has 0 aliphatic heterocycles. The lowest BCUT2D eigenvalue weighted by molar-refractivity contribution is 1.02. The maximum atomic E-state index is 5.01. The fourth-order valence-electron chi connectivity index (χ4n) is 6.87. The molecule has 1 heterocycles. The second-order valence-electron chi connectivity index (χ2n) is 14.0. The summed E-state index contributed by atoms with van der Waals surface area (Å²) in [7, 11) is 0. The minimum Gasteiger partial charge on any atom is -0.209 e. The molecule has 0 bridgehead atoms. The summed E-state index contributed by atoms with van der Waals surface area (Å²) in [5, 5.41) is 0. The van der Waals surface area contributed by atoms with E-state index in [0.717, 1.165) is 69.4 Å². The van der Waals surface area contributed by atoms with Gasteiger partial charge in [0.2, 0.25) is 0 Å². The quantitative estimate of drug-likeness (QED) is 0.0792. The van der Waals surface area contributed by atoms with E-state index in [1.807, 2.05) is 67.6 Å². The van der Waals surface area contributed by atoms with Gasteiger partial charge in [0.05, 0.1) is 0 Å². The van der Waals surface area contributed by atoms with Gasteiger partial charge in [0.15, 0.2) is 17.5 Å². The molecule has 0 spiro atoms. The Morgan fingerprint density at radius 1 is 0.702 bits per heavy atom. The van der Waals surface area contributed by atoms with Gasteiger partial charge in [0.25, 0.3) is 0 Å². The summed E-state index contributed by atoms with van der Waals surface area (Å²) in [5.74, 6) is 1.90. The third kappa shape index (κ3) is 10.3. The molecule has 0 saturated heterocycles. The molecular weight excluding hydrogens is 691 g/mol. The van der Waals surface area contributed by atoms with E-state index in [-0.39, 0.29) is 0 Å². The van der Waals surface area contributed by atoms with Gasteiger partial charge in [-0.1, -0.05) is 172 Å². The van der Waals surface area contributed by atoms with Gasteiger partial charge in [-0.05, 0) is 119 Å². The van der Waals surface area contributed by atoms with E-state index in [1.165, 1.54) is 22.3 Å². The van der Waals surface area contributed by atoms with Crippen molar-refractivity contribution in [2.24, 2.45) is 0 Å². The van der Waals surface area contributed by atoms with Gasteiger partial charge in [-0.25, -0.2) is 15.0 Å². The van der Waals surface area contributed by atoms with Gasteiger partial charge in [0.1, 0.15) is 0 Å². The Bertz CT molecular complexity index is 2460. The van der Waals surface area contributed by atoms with Crippen LogP contribution in [0.5, 0.6) is 0 Å². The van der Waals surface area contributed by atoms with E-state index < -0.39 is 0 Å². The number of benzene rings is 4. The van der Waals surface area contributed by atoms with Crippen LogP contribution in [0.2, 0.25) is 0 Å². The SMILES string of the molecule is C=C/C=C(\C=C/C)C(=C/C(=C)c1cccc(-c2nc(/C(=C/CC)CC=C)nc(-c3ccccc3)n2)c1)/C=C(\C)c1cccc(-c2ccc(C3=CCCC=C3)cc2)c1. The van der Waals surface area contributed by atoms with Crippen molar-refractivity contribution in [2.45, 2.75) is 46.5 Å². The van der Waals surface area contributed by atoms with Gasteiger partial charge in [-0.3, -0.25) is 0 Å². The Morgan fingerprint density at radius 2 is 1.39 bits per heavy atom. The molecule has 0 unspecified atom stereocenters. The van der Waals surface area contributed by atoms with Crippen LogP contribution in [0, 0.1) is 0 Å².